The second kappa shape index (κ2) is 5.90. The molecule has 110 valence electrons. The zero-order chi connectivity index (χ0) is 15.5. The van der Waals surface area contributed by atoms with E-state index >= 15 is 0 Å². The number of rotatable bonds is 3. The average Bonchev–Trinajstić information content (AvgIpc) is 2.53. The summed E-state index contributed by atoms with van der Waals surface area (Å²) in [5.41, 5.74) is 2.50. The van der Waals surface area contributed by atoms with Gasteiger partial charge in [-0.05, 0) is 55.0 Å². The minimum absolute atomic E-state index is 0.0984. The molecule has 0 saturated heterocycles. The molecule has 1 N–H and O–H groups in total. The first kappa shape index (κ1) is 14.1. The summed E-state index contributed by atoms with van der Waals surface area (Å²) in [4.78, 5) is 12.1. The maximum absolute atomic E-state index is 12.1. The Morgan fingerprint density at radius 2 is 1.86 bits per heavy atom. The third-order valence-corrected chi connectivity index (χ3v) is 3.59. The van der Waals surface area contributed by atoms with Crippen LogP contribution in [0.2, 0.25) is 0 Å². The quantitative estimate of drug-likeness (QED) is 0.687. The lowest BCUT2D eigenvalue weighted by Crippen LogP contribution is -2.17. The van der Waals surface area contributed by atoms with Crippen molar-refractivity contribution in [3.8, 4) is 11.5 Å². The van der Waals surface area contributed by atoms with E-state index < -0.39 is 0 Å². The molecule has 0 saturated carbocycles. The van der Waals surface area contributed by atoms with Crippen LogP contribution in [0.25, 0.3) is 6.08 Å². The highest BCUT2D eigenvalue weighted by molar-refractivity contribution is 6.04. The third kappa shape index (κ3) is 2.93. The van der Waals surface area contributed by atoms with Crippen molar-refractivity contribution in [1.29, 1.82) is 0 Å². The van der Waals surface area contributed by atoms with Gasteiger partial charge in [0, 0.05) is 11.1 Å². The lowest BCUT2D eigenvalue weighted by Gasteiger charge is -2.22. The van der Waals surface area contributed by atoms with Gasteiger partial charge in [0.2, 0.25) is 0 Å². The number of carbonyl (C=O) groups excluding carboxylic acids is 1. The van der Waals surface area contributed by atoms with Crippen molar-refractivity contribution in [1.82, 2.24) is 0 Å². The molecule has 0 aliphatic carbocycles. The molecule has 0 spiro atoms. The van der Waals surface area contributed by atoms with Gasteiger partial charge in [-0.2, -0.15) is 0 Å². The molecule has 3 nitrogen and oxygen atoms in total. The van der Waals surface area contributed by atoms with E-state index in [1.165, 1.54) is 18.2 Å². The molecule has 0 radical (unpaired) electrons. The summed E-state index contributed by atoms with van der Waals surface area (Å²) in [6.45, 7) is 1.96. The van der Waals surface area contributed by atoms with Crippen molar-refractivity contribution in [2.24, 2.45) is 0 Å². The molecule has 22 heavy (non-hydrogen) atoms. The molecular weight excluding hydrogens is 276 g/mol. The minimum atomic E-state index is -0.105. The number of ether oxygens (including phenoxy) is 1. The van der Waals surface area contributed by atoms with E-state index in [2.05, 4.69) is 0 Å². The number of allylic oxidation sites excluding steroid dienone is 1. The standard InChI is InChI=1S/C19H16O3/c1-13-15(12-16-4-2-3-5-19(16)22-13)8-11-18(21)14-6-9-17(20)10-7-14/h2-13,20H,1H3/b11-8+. The fourth-order valence-corrected chi connectivity index (χ4v) is 2.34. The van der Waals surface area contributed by atoms with E-state index in [0.29, 0.717) is 5.56 Å². The van der Waals surface area contributed by atoms with Crippen molar-refractivity contribution >= 4 is 11.9 Å². The molecule has 0 aromatic heterocycles. The van der Waals surface area contributed by atoms with Crippen LogP contribution in [-0.2, 0) is 0 Å². The first-order valence-corrected chi connectivity index (χ1v) is 7.12. The Hall–Kier alpha value is -2.81. The van der Waals surface area contributed by atoms with Gasteiger partial charge < -0.3 is 9.84 Å². The smallest absolute Gasteiger partial charge is 0.185 e. The molecule has 3 rings (SSSR count). The number of hydrogen-bond donors (Lipinski definition) is 1. The van der Waals surface area contributed by atoms with Crippen LogP contribution in [0, 0.1) is 0 Å². The molecule has 1 aliphatic rings. The molecule has 2 aromatic rings. The summed E-state index contributed by atoms with van der Waals surface area (Å²) in [5, 5.41) is 9.24. The lowest BCUT2D eigenvalue weighted by molar-refractivity contribution is 0.104. The number of fused-ring (bicyclic) bond motifs is 1. The molecule has 0 fully saturated rings. The minimum Gasteiger partial charge on any atom is -0.508 e. The second-order valence-corrected chi connectivity index (χ2v) is 5.19. The molecule has 1 aliphatic heterocycles. The van der Waals surface area contributed by atoms with Crippen molar-refractivity contribution in [3.63, 3.8) is 0 Å². The summed E-state index contributed by atoms with van der Waals surface area (Å²) < 4.78 is 5.83. The van der Waals surface area contributed by atoms with Gasteiger partial charge in [0.05, 0.1) is 0 Å². The largest absolute Gasteiger partial charge is 0.508 e. The van der Waals surface area contributed by atoms with Gasteiger partial charge in [0.1, 0.15) is 17.6 Å². The fraction of sp³-hybridized carbons (Fsp3) is 0.105. The molecule has 1 heterocycles. The second-order valence-electron chi connectivity index (χ2n) is 5.19. The normalized spacial score (nSPS) is 16.8. The van der Waals surface area contributed by atoms with Gasteiger partial charge in [-0.1, -0.05) is 24.3 Å². The predicted molar refractivity (Wildman–Crippen MR) is 86.1 cm³/mol. The summed E-state index contributed by atoms with van der Waals surface area (Å²) in [6.07, 6.45) is 5.25. The number of ketones is 1. The number of para-hydroxylation sites is 1. The van der Waals surface area contributed by atoms with Crippen molar-refractivity contribution in [2.75, 3.05) is 0 Å². The average molecular weight is 292 g/mol. The summed E-state index contributed by atoms with van der Waals surface area (Å²) in [7, 11) is 0. The summed E-state index contributed by atoms with van der Waals surface area (Å²) in [5.74, 6) is 0.901. The Morgan fingerprint density at radius 1 is 1.14 bits per heavy atom. The van der Waals surface area contributed by atoms with Gasteiger partial charge in [-0.25, -0.2) is 0 Å². The highest BCUT2D eigenvalue weighted by atomic mass is 16.5. The van der Waals surface area contributed by atoms with Crippen LogP contribution in [0.15, 0.2) is 66.3 Å². The van der Waals surface area contributed by atoms with Crippen LogP contribution in [0.4, 0.5) is 0 Å². The van der Waals surface area contributed by atoms with Crippen LogP contribution >= 0.6 is 0 Å². The molecule has 2 aromatic carbocycles. The number of carbonyl (C=O) groups is 1. The number of phenols is 1. The van der Waals surface area contributed by atoms with E-state index in [1.54, 1.807) is 18.2 Å². The van der Waals surface area contributed by atoms with E-state index in [4.69, 9.17) is 4.74 Å². The van der Waals surface area contributed by atoms with Crippen molar-refractivity contribution < 1.29 is 14.6 Å². The molecule has 1 atom stereocenters. The van der Waals surface area contributed by atoms with Crippen molar-refractivity contribution in [3.05, 3.63) is 77.4 Å². The Balaban J connectivity index is 1.82. The van der Waals surface area contributed by atoms with Crippen LogP contribution in [0.1, 0.15) is 22.8 Å². The first-order valence-electron chi connectivity index (χ1n) is 7.12. The zero-order valence-electron chi connectivity index (χ0n) is 12.2. The molecular formula is C19H16O3. The third-order valence-electron chi connectivity index (χ3n) is 3.59. The monoisotopic (exact) mass is 292 g/mol. The topological polar surface area (TPSA) is 46.5 Å². The van der Waals surface area contributed by atoms with Crippen LogP contribution in [0.5, 0.6) is 11.5 Å². The zero-order valence-corrected chi connectivity index (χ0v) is 12.2. The summed E-state index contributed by atoms with van der Waals surface area (Å²) in [6, 6.07) is 14.0. The molecule has 0 bridgehead atoms. The van der Waals surface area contributed by atoms with E-state index in [9.17, 15) is 9.90 Å². The number of benzene rings is 2. The Morgan fingerprint density at radius 3 is 2.64 bits per heavy atom. The Labute approximate surface area is 129 Å². The van der Waals surface area contributed by atoms with Gasteiger partial charge >= 0.3 is 0 Å². The highest BCUT2D eigenvalue weighted by Gasteiger charge is 2.16. The molecule has 0 amide bonds. The number of phenolic OH excluding ortho intramolecular Hbond substituents is 1. The van der Waals surface area contributed by atoms with E-state index in [0.717, 1.165) is 16.9 Å². The first-order chi connectivity index (χ1) is 10.6. The Kier molecular flexibility index (Phi) is 3.79. The molecule has 1 unspecified atom stereocenters. The van der Waals surface area contributed by atoms with E-state index in [1.807, 2.05) is 37.3 Å². The van der Waals surface area contributed by atoms with Gasteiger partial charge in [-0.15, -0.1) is 0 Å². The van der Waals surface area contributed by atoms with Gasteiger partial charge in [0.15, 0.2) is 5.78 Å². The lowest BCUT2D eigenvalue weighted by atomic mass is 10.0. The highest BCUT2D eigenvalue weighted by Crippen LogP contribution is 2.29. The number of aromatic hydroxyl groups is 1. The maximum atomic E-state index is 12.1. The number of hydrogen-bond acceptors (Lipinski definition) is 3. The fourth-order valence-electron chi connectivity index (χ4n) is 2.34. The van der Waals surface area contributed by atoms with Crippen LogP contribution < -0.4 is 4.74 Å². The van der Waals surface area contributed by atoms with Gasteiger partial charge in [-0.3, -0.25) is 4.79 Å². The predicted octanol–water partition coefficient (Wildman–Crippen LogP) is 4.00. The van der Waals surface area contributed by atoms with Gasteiger partial charge in [0.25, 0.3) is 0 Å². The van der Waals surface area contributed by atoms with Crippen LogP contribution in [0.3, 0.4) is 0 Å². The van der Waals surface area contributed by atoms with E-state index in [-0.39, 0.29) is 17.6 Å². The van der Waals surface area contributed by atoms with Crippen LogP contribution in [-0.4, -0.2) is 17.0 Å². The SMILES string of the molecule is CC1Oc2ccccc2C=C1/C=C/C(=O)c1ccc(O)cc1. The Bertz CT molecular complexity index is 755. The summed E-state index contributed by atoms with van der Waals surface area (Å²) >= 11 is 0. The maximum Gasteiger partial charge on any atom is 0.185 e. The molecule has 3 heteroatoms. The van der Waals surface area contributed by atoms with Crippen molar-refractivity contribution in [2.45, 2.75) is 13.0 Å².